The van der Waals surface area contributed by atoms with E-state index in [-0.39, 0.29) is 12.5 Å². The van der Waals surface area contributed by atoms with Crippen LogP contribution in [0.25, 0.3) is 6.08 Å². The van der Waals surface area contributed by atoms with Crippen molar-refractivity contribution >= 4 is 17.9 Å². The van der Waals surface area contributed by atoms with Crippen molar-refractivity contribution in [3.8, 4) is 5.75 Å². The lowest BCUT2D eigenvalue weighted by Crippen LogP contribution is -2.30. The Morgan fingerprint density at radius 2 is 1.73 bits per heavy atom. The van der Waals surface area contributed by atoms with Crippen LogP contribution in [0.4, 0.5) is 0 Å². The normalized spacial score (nSPS) is 15.5. The molecule has 1 fully saturated rings. The molecule has 1 saturated heterocycles. The molecule has 1 aromatic rings. The van der Waals surface area contributed by atoms with Crippen LogP contribution in [-0.2, 0) is 9.59 Å². The van der Waals surface area contributed by atoms with Crippen molar-refractivity contribution in [2.24, 2.45) is 5.73 Å². The molecule has 2 amide bonds. The molecule has 1 aliphatic rings. The van der Waals surface area contributed by atoms with Crippen molar-refractivity contribution in [2.75, 3.05) is 19.7 Å². The zero-order valence-electron chi connectivity index (χ0n) is 12.7. The van der Waals surface area contributed by atoms with Crippen LogP contribution in [0.3, 0.4) is 0 Å². The summed E-state index contributed by atoms with van der Waals surface area (Å²) in [6.07, 6.45) is 8.01. The summed E-state index contributed by atoms with van der Waals surface area (Å²) in [7, 11) is 0. The number of amides is 2. The van der Waals surface area contributed by atoms with Gasteiger partial charge >= 0.3 is 0 Å². The monoisotopic (exact) mass is 302 g/mol. The molecule has 118 valence electrons. The molecule has 0 aromatic heterocycles. The van der Waals surface area contributed by atoms with E-state index in [1.165, 1.54) is 12.8 Å². The second-order valence-electron chi connectivity index (χ2n) is 5.40. The minimum absolute atomic E-state index is 0.0657. The predicted molar refractivity (Wildman–Crippen MR) is 85.2 cm³/mol. The number of primary amides is 1. The van der Waals surface area contributed by atoms with Crippen LogP contribution in [0.15, 0.2) is 30.3 Å². The third kappa shape index (κ3) is 5.24. The molecule has 1 heterocycles. The number of nitrogens with zero attached hydrogens (tertiary/aromatic N) is 1. The van der Waals surface area contributed by atoms with Gasteiger partial charge in [-0.15, -0.1) is 0 Å². The van der Waals surface area contributed by atoms with E-state index in [0.29, 0.717) is 5.75 Å². The Balaban J connectivity index is 1.88. The summed E-state index contributed by atoms with van der Waals surface area (Å²) < 4.78 is 5.18. The standard InChI is InChI=1S/C17H22N2O3/c18-16(20)13-22-15-8-5-14(6-9-15)7-10-17(21)19-11-3-1-2-4-12-19/h5-10H,1-4,11-13H2,(H2,18,20)/b10-7+. The molecule has 1 aromatic carbocycles. The second-order valence-corrected chi connectivity index (χ2v) is 5.40. The summed E-state index contributed by atoms with van der Waals surface area (Å²) in [4.78, 5) is 24.7. The number of hydrogen-bond donors (Lipinski definition) is 1. The summed E-state index contributed by atoms with van der Waals surface area (Å²) in [5.74, 6) is 0.137. The highest BCUT2D eigenvalue weighted by molar-refractivity contribution is 5.91. The number of carbonyl (C=O) groups excluding carboxylic acids is 2. The fourth-order valence-corrected chi connectivity index (χ4v) is 2.39. The Labute approximate surface area is 130 Å². The molecule has 2 N–H and O–H groups in total. The van der Waals surface area contributed by atoms with E-state index < -0.39 is 5.91 Å². The highest BCUT2D eigenvalue weighted by atomic mass is 16.5. The van der Waals surface area contributed by atoms with Gasteiger partial charge in [-0.3, -0.25) is 9.59 Å². The van der Waals surface area contributed by atoms with E-state index >= 15 is 0 Å². The Morgan fingerprint density at radius 1 is 1.09 bits per heavy atom. The maximum atomic E-state index is 12.1. The Morgan fingerprint density at radius 3 is 2.32 bits per heavy atom. The first-order chi connectivity index (χ1) is 10.6. The Bertz CT molecular complexity index is 529. The number of hydrogen-bond acceptors (Lipinski definition) is 3. The van der Waals surface area contributed by atoms with Crippen LogP contribution in [0, 0.1) is 0 Å². The molecule has 0 saturated carbocycles. The van der Waals surface area contributed by atoms with Gasteiger partial charge < -0.3 is 15.4 Å². The Kier molecular flexibility index (Phi) is 6.01. The van der Waals surface area contributed by atoms with Crippen molar-refractivity contribution in [2.45, 2.75) is 25.7 Å². The zero-order chi connectivity index (χ0) is 15.8. The van der Waals surface area contributed by atoms with Crippen molar-refractivity contribution in [1.29, 1.82) is 0 Å². The first kappa shape index (κ1) is 16.1. The minimum atomic E-state index is -0.507. The molecular formula is C17H22N2O3. The lowest BCUT2D eigenvalue weighted by Gasteiger charge is -2.17. The smallest absolute Gasteiger partial charge is 0.255 e. The van der Waals surface area contributed by atoms with Crippen molar-refractivity contribution in [3.05, 3.63) is 35.9 Å². The molecule has 0 atom stereocenters. The topological polar surface area (TPSA) is 72.6 Å². The van der Waals surface area contributed by atoms with E-state index in [0.717, 1.165) is 31.5 Å². The molecule has 5 nitrogen and oxygen atoms in total. The summed E-state index contributed by atoms with van der Waals surface area (Å²) in [6.45, 7) is 1.56. The summed E-state index contributed by atoms with van der Waals surface area (Å²) in [5.41, 5.74) is 5.93. The van der Waals surface area contributed by atoms with Gasteiger partial charge in [0.1, 0.15) is 5.75 Å². The highest BCUT2D eigenvalue weighted by Crippen LogP contribution is 2.14. The highest BCUT2D eigenvalue weighted by Gasteiger charge is 2.12. The van der Waals surface area contributed by atoms with Gasteiger partial charge in [0.05, 0.1) is 0 Å². The summed E-state index contributed by atoms with van der Waals surface area (Å²) in [5, 5.41) is 0. The SMILES string of the molecule is NC(=O)COc1ccc(/C=C/C(=O)N2CCCCCC2)cc1. The van der Waals surface area contributed by atoms with Crippen LogP contribution in [-0.4, -0.2) is 36.4 Å². The van der Waals surface area contributed by atoms with E-state index in [2.05, 4.69) is 0 Å². The molecular weight excluding hydrogens is 280 g/mol. The minimum Gasteiger partial charge on any atom is -0.484 e. The first-order valence-electron chi connectivity index (χ1n) is 7.63. The van der Waals surface area contributed by atoms with Gasteiger partial charge in [-0.1, -0.05) is 25.0 Å². The van der Waals surface area contributed by atoms with Gasteiger partial charge in [0.15, 0.2) is 6.61 Å². The average molecular weight is 302 g/mol. The predicted octanol–water partition coefficient (Wildman–Crippen LogP) is 1.97. The van der Waals surface area contributed by atoms with E-state index in [1.54, 1.807) is 24.3 Å². The number of nitrogens with two attached hydrogens (primary N) is 1. The molecule has 0 aliphatic carbocycles. The third-order valence-electron chi connectivity index (χ3n) is 3.60. The molecule has 0 bridgehead atoms. The average Bonchev–Trinajstić information content (AvgIpc) is 2.81. The quantitative estimate of drug-likeness (QED) is 0.845. The first-order valence-corrected chi connectivity index (χ1v) is 7.63. The number of ether oxygens (including phenoxy) is 1. The molecule has 0 spiro atoms. The summed E-state index contributed by atoms with van der Waals surface area (Å²) in [6, 6.07) is 7.17. The number of likely N-dealkylation sites (tertiary alicyclic amines) is 1. The number of carbonyl (C=O) groups is 2. The molecule has 1 aliphatic heterocycles. The van der Waals surface area contributed by atoms with Crippen LogP contribution in [0.1, 0.15) is 31.2 Å². The fraction of sp³-hybridized carbons (Fsp3) is 0.412. The number of rotatable bonds is 5. The second kappa shape index (κ2) is 8.22. The molecule has 5 heteroatoms. The van der Waals surface area contributed by atoms with Crippen LogP contribution >= 0.6 is 0 Å². The third-order valence-corrected chi connectivity index (χ3v) is 3.60. The van der Waals surface area contributed by atoms with Gasteiger partial charge in [-0.2, -0.15) is 0 Å². The van der Waals surface area contributed by atoms with E-state index in [9.17, 15) is 9.59 Å². The van der Waals surface area contributed by atoms with Gasteiger partial charge in [0.25, 0.3) is 5.91 Å². The summed E-state index contributed by atoms with van der Waals surface area (Å²) >= 11 is 0. The fourth-order valence-electron chi connectivity index (χ4n) is 2.39. The van der Waals surface area contributed by atoms with Crippen LogP contribution in [0.5, 0.6) is 5.75 Å². The van der Waals surface area contributed by atoms with Crippen molar-refractivity contribution in [3.63, 3.8) is 0 Å². The van der Waals surface area contributed by atoms with Gasteiger partial charge in [0.2, 0.25) is 5.91 Å². The molecule has 2 rings (SSSR count). The molecule has 0 unspecified atom stereocenters. The lowest BCUT2D eigenvalue weighted by molar-refractivity contribution is -0.126. The van der Waals surface area contributed by atoms with Gasteiger partial charge in [-0.05, 0) is 36.6 Å². The Hall–Kier alpha value is -2.30. The lowest BCUT2D eigenvalue weighted by atomic mass is 10.2. The van der Waals surface area contributed by atoms with Crippen LogP contribution in [0.2, 0.25) is 0 Å². The maximum absolute atomic E-state index is 12.1. The van der Waals surface area contributed by atoms with Crippen molar-refractivity contribution < 1.29 is 14.3 Å². The largest absolute Gasteiger partial charge is 0.484 e. The number of benzene rings is 1. The molecule has 0 radical (unpaired) electrons. The van der Waals surface area contributed by atoms with E-state index in [1.807, 2.05) is 17.0 Å². The maximum Gasteiger partial charge on any atom is 0.255 e. The zero-order valence-corrected chi connectivity index (χ0v) is 12.7. The molecule has 22 heavy (non-hydrogen) atoms. The van der Waals surface area contributed by atoms with E-state index in [4.69, 9.17) is 10.5 Å². The van der Waals surface area contributed by atoms with Crippen molar-refractivity contribution in [1.82, 2.24) is 4.90 Å². The van der Waals surface area contributed by atoms with Crippen LogP contribution < -0.4 is 10.5 Å². The van der Waals surface area contributed by atoms with Gasteiger partial charge in [-0.25, -0.2) is 0 Å². The van der Waals surface area contributed by atoms with Gasteiger partial charge in [0, 0.05) is 19.2 Å².